The number of hydrogen-bond donors (Lipinski definition) is 1. The summed E-state index contributed by atoms with van der Waals surface area (Å²) in [6.07, 6.45) is 2.97. The monoisotopic (exact) mass is 316 g/mol. The van der Waals surface area contributed by atoms with Crippen molar-refractivity contribution in [1.29, 1.82) is 0 Å². The van der Waals surface area contributed by atoms with Gasteiger partial charge in [0.15, 0.2) is 0 Å². The summed E-state index contributed by atoms with van der Waals surface area (Å²) >= 11 is 1.78. The quantitative estimate of drug-likeness (QED) is 0.903. The Morgan fingerprint density at radius 3 is 2.75 bits per heavy atom. The number of nitrogens with one attached hydrogen (secondary N) is 1. The number of nitrogens with zero attached hydrogens (tertiary/aromatic N) is 1. The van der Waals surface area contributed by atoms with Gasteiger partial charge in [-0.05, 0) is 52.3 Å². The minimum atomic E-state index is 0. The number of amides is 1. The van der Waals surface area contributed by atoms with E-state index in [9.17, 15) is 4.79 Å². The fourth-order valence-electron chi connectivity index (χ4n) is 2.56. The molecule has 0 saturated carbocycles. The van der Waals surface area contributed by atoms with Crippen molar-refractivity contribution < 1.29 is 4.79 Å². The minimum Gasteiger partial charge on any atom is -0.335 e. The van der Waals surface area contributed by atoms with Crippen molar-refractivity contribution in [3.63, 3.8) is 0 Å². The van der Waals surface area contributed by atoms with Gasteiger partial charge in [-0.15, -0.1) is 23.7 Å². The third-order valence-corrected chi connectivity index (χ3v) is 4.63. The maximum Gasteiger partial charge on any atom is 0.224 e. The van der Waals surface area contributed by atoms with Crippen LogP contribution in [0.4, 0.5) is 0 Å². The second-order valence-corrected chi connectivity index (χ2v) is 7.00. The van der Waals surface area contributed by atoms with Crippen LogP contribution in [0.25, 0.3) is 0 Å². The SMILES string of the molecule is Cc1ccc(CN(C(=O)CC2CCCN2)C(C)C)s1.Cl. The number of carbonyl (C=O) groups is 1. The predicted molar refractivity (Wildman–Crippen MR) is 87.6 cm³/mol. The van der Waals surface area contributed by atoms with Gasteiger partial charge in [0, 0.05) is 28.3 Å². The van der Waals surface area contributed by atoms with E-state index in [1.54, 1.807) is 11.3 Å². The number of halogens is 1. The van der Waals surface area contributed by atoms with Crippen molar-refractivity contribution in [1.82, 2.24) is 10.2 Å². The molecule has 2 heterocycles. The van der Waals surface area contributed by atoms with E-state index in [0.717, 1.165) is 19.5 Å². The van der Waals surface area contributed by atoms with Gasteiger partial charge in [0.05, 0.1) is 6.54 Å². The lowest BCUT2D eigenvalue weighted by molar-refractivity contribution is -0.134. The Kier molecular flexibility index (Phi) is 7.00. The van der Waals surface area contributed by atoms with Crippen LogP contribution in [0.15, 0.2) is 12.1 Å². The molecular weight excluding hydrogens is 292 g/mol. The van der Waals surface area contributed by atoms with Crippen molar-refractivity contribution >= 4 is 29.7 Å². The average molecular weight is 317 g/mol. The molecule has 1 N–H and O–H groups in total. The Morgan fingerprint density at radius 1 is 1.50 bits per heavy atom. The molecule has 1 fully saturated rings. The van der Waals surface area contributed by atoms with E-state index in [4.69, 9.17) is 0 Å². The van der Waals surface area contributed by atoms with E-state index >= 15 is 0 Å². The fourth-order valence-corrected chi connectivity index (χ4v) is 3.45. The van der Waals surface area contributed by atoms with Crippen LogP contribution in [-0.4, -0.2) is 29.4 Å². The van der Waals surface area contributed by atoms with Crippen LogP contribution in [-0.2, 0) is 11.3 Å². The van der Waals surface area contributed by atoms with Gasteiger partial charge < -0.3 is 10.2 Å². The molecule has 1 atom stereocenters. The van der Waals surface area contributed by atoms with E-state index < -0.39 is 0 Å². The zero-order chi connectivity index (χ0) is 13.8. The van der Waals surface area contributed by atoms with Crippen LogP contribution in [0.3, 0.4) is 0 Å². The normalized spacial score (nSPS) is 18.1. The van der Waals surface area contributed by atoms with Gasteiger partial charge in [0.1, 0.15) is 0 Å². The lowest BCUT2D eigenvalue weighted by Gasteiger charge is -2.27. The third kappa shape index (κ3) is 4.76. The van der Waals surface area contributed by atoms with Gasteiger partial charge in [0.25, 0.3) is 0 Å². The van der Waals surface area contributed by atoms with E-state index in [0.29, 0.717) is 12.5 Å². The molecule has 0 spiro atoms. The lowest BCUT2D eigenvalue weighted by Crippen LogP contribution is -2.39. The van der Waals surface area contributed by atoms with Crippen LogP contribution < -0.4 is 5.32 Å². The molecule has 1 unspecified atom stereocenters. The Hall–Kier alpha value is -0.580. The van der Waals surface area contributed by atoms with E-state index in [1.165, 1.54) is 16.2 Å². The third-order valence-electron chi connectivity index (χ3n) is 3.65. The van der Waals surface area contributed by atoms with Crippen LogP contribution >= 0.6 is 23.7 Å². The van der Waals surface area contributed by atoms with E-state index in [1.807, 2.05) is 4.90 Å². The molecule has 0 radical (unpaired) electrons. The number of carbonyl (C=O) groups excluding carboxylic acids is 1. The molecular formula is C15H25ClN2OS. The highest BCUT2D eigenvalue weighted by Crippen LogP contribution is 2.20. The van der Waals surface area contributed by atoms with Gasteiger partial charge in [-0.2, -0.15) is 0 Å². The number of aryl methyl sites for hydroxylation is 1. The Labute approximate surface area is 132 Å². The summed E-state index contributed by atoms with van der Waals surface area (Å²) in [5.41, 5.74) is 0. The predicted octanol–water partition coefficient (Wildman–Crippen LogP) is 3.36. The first-order valence-electron chi connectivity index (χ1n) is 7.14. The number of rotatable bonds is 5. The molecule has 114 valence electrons. The first-order chi connectivity index (χ1) is 9.06. The molecule has 1 aromatic heterocycles. The highest BCUT2D eigenvalue weighted by molar-refractivity contribution is 7.11. The number of hydrogen-bond acceptors (Lipinski definition) is 3. The van der Waals surface area contributed by atoms with Gasteiger partial charge in [0.2, 0.25) is 5.91 Å². The average Bonchev–Trinajstić information content (AvgIpc) is 2.97. The van der Waals surface area contributed by atoms with Gasteiger partial charge in [-0.1, -0.05) is 0 Å². The summed E-state index contributed by atoms with van der Waals surface area (Å²) < 4.78 is 0. The van der Waals surface area contributed by atoms with Crippen molar-refractivity contribution in [3.8, 4) is 0 Å². The highest BCUT2D eigenvalue weighted by atomic mass is 35.5. The zero-order valence-electron chi connectivity index (χ0n) is 12.5. The molecule has 1 aliphatic heterocycles. The molecule has 0 aliphatic carbocycles. The molecule has 1 aromatic rings. The van der Waals surface area contributed by atoms with Crippen molar-refractivity contribution in [3.05, 3.63) is 21.9 Å². The van der Waals surface area contributed by atoms with Crippen molar-refractivity contribution in [2.45, 2.75) is 58.7 Å². The highest BCUT2D eigenvalue weighted by Gasteiger charge is 2.23. The fraction of sp³-hybridized carbons (Fsp3) is 0.667. The maximum atomic E-state index is 12.4. The second kappa shape index (κ2) is 8.01. The smallest absolute Gasteiger partial charge is 0.224 e. The van der Waals surface area contributed by atoms with Crippen molar-refractivity contribution in [2.24, 2.45) is 0 Å². The molecule has 1 amide bonds. The molecule has 1 aliphatic rings. The summed E-state index contributed by atoms with van der Waals surface area (Å²) in [4.78, 5) is 17.0. The zero-order valence-corrected chi connectivity index (χ0v) is 14.1. The summed E-state index contributed by atoms with van der Waals surface area (Å²) in [7, 11) is 0. The standard InChI is InChI=1S/C15H24N2OS.ClH/c1-11(2)17(10-14-7-6-12(3)19-14)15(18)9-13-5-4-8-16-13;/h6-7,11,13,16H,4-5,8-10H2,1-3H3;1H. The van der Waals surface area contributed by atoms with Gasteiger partial charge >= 0.3 is 0 Å². The van der Waals surface area contributed by atoms with E-state index in [2.05, 4.69) is 38.2 Å². The first-order valence-corrected chi connectivity index (χ1v) is 7.96. The van der Waals surface area contributed by atoms with Crippen LogP contribution in [0, 0.1) is 6.92 Å². The van der Waals surface area contributed by atoms with Crippen LogP contribution in [0.2, 0.25) is 0 Å². The van der Waals surface area contributed by atoms with Crippen LogP contribution in [0.5, 0.6) is 0 Å². The number of thiophene rings is 1. The minimum absolute atomic E-state index is 0. The largest absolute Gasteiger partial charge is 0.335 e. The Morgan fingerprint density at radius 2 is 2.25 bits per heavy atom. The van der Waals surface area contributed by atoms with Gasteiger partial charge in [-0.25, -0.2) is 0 Å². The maximum absolute atomic E-state index is 12.4. The summed E-state index contributed by atoms with van der Waals surface area (Å²) in [5.74, 6) is 0.278. The van der Waals surface area contributed by atoms with Gasteiger partial charge in [-0.3, -0.25) is 4.79 Å². The Balaban J connectivity index is 0.00000200. The molecule has 3 nitrogen and oxygen atoms in total. The summed E-state index contributed by atoms with van der Waals surface area (Å²) in [5, 5.41) is 3.40. The lowest BCUT2D eigenvalue weighted by atomic mass is 10.1. The molecule has 20 heavy (non-hydrogen) atoms. The molecule has 0 bridgehead atoms. The molecule has 2 rings (SSSR count). The molecule has 0 aromatic carbocycles. The van der Waals surface area contributed by atoms with E-state index in [-0.39, 0.29) is 24.4 Å². The topological polar surface area (TPSA) is 32.3 Å². The Bertz CT molecular complexity index is 427. The van der Waals surface area contributed by atoms with Crippen LogP contribution in [0.1, 0.15) is 42.9 Å². The molecule has 1 saturated heterocycles. The molecule has 5 heteroatoms. The summed E-state index contributed by atoms with van der Waals surface area (Å²) in [6.45, 7) is 8.12. The second-order valence-electron chi connectivity index (χ2n) is 5.63. The van der Waals surface area contributed by atoms with Crippen molar-refractivity contribution in [2.75, 3.05) is 6.54 Å². The first kappa shape index (κ1) is 17.5. The summed E-state index contributed by atoms with van der Waals surface area (Å²) in [6, 6.07) is 4.91.